The van der Waals surface area contributed by atoms with Gasteiger partial charge in [0.1, 0.15) is 5.82 Å². The molecular weight excluding hydrogens is 333 g/mol. The minimum atomic E-state index is -0.371. The molecule has 2 N–H and O–H groups in total. The van der Waals surface area contributed by atoms with E-state index in [2.05, 4.69) is 20.9 Å². The van der Waals surface area contributed by atoms with Crippen LogP contribution in [0, 0.1) is 5.82 Å². The smallest absolute Gasteiger partial charge is 0.206 e. The van der Waals surface area contributed by atoms with Gasteiger partial charge in [0.05, 0.1) is 16.7 Å². The van der Waals surface area contributed by atoms with Crippen molar-refractivity contribution in [1.29, 1.82) is 0 Å². The van der Waals surface area contributed by atoms with E-state index in [1.165, 1.54) is 6.07 Å². The lowest BCUT2D eigenvalue weighted by Crippen LogP contribution is -2.02. The molecule has 96 valence electrons. The summed E-state index contributed by atoms with van der Waals surface area (Å²) in [5, 5.41) is 0.562. The molecule has 19 heavy (non-hydrogen) atoms. The number of nitrogens with two attached hydrogens (primary N) is 1. The highest BCUT2D eigenvalue weighted by Gasteiger charge is 2.14. The molecule has 0 amide bonds. The average molecular weight is 341 g/mol. The van der Waals surface area contributed by atoms with Crippen LogP contribution in [0.15, 0.2) is 40.9 Å². The van der Waals surface area contributed by atoms with Gasteiger partial charge in [-0.25, -0.2) is 9.37 Å². The maximum Gasteiger partial charge on any atom is 0.206 e. The van der Waals surface area contributed by atoms with Gasteiger partial charge in [-0.05, 0) is 36.4 Å². The Kier molecular flexibility index (Phi) is 2.95. The third-order valence-electron chi connectivity index (χ3n) is 2.79. The predicted octanol–water partition coefficient (Wildman–Crippen LogP) is 4.16. The van der Waals surface area contributed by atoms with Crippen molar-refractivity contribution < 1.29 is 4.39 Å². The zero-order valence-corrected chi connectivity index (χ0v) is 11.9. The molecule has 0 spiro atoms. The molecule has 0 aliphatic rings. The van der Waals surface area contributed by atoms with Crippen molar-refractivity contribution >= 4 is 44.5 Å². The van der Waals surface area contributed by atoms with E-state index >= 15 is 0 Å². The highest BCUT2D eigenvalue weighted by molar-refractivity contribution is 9.10. The van der Waals surface area contributed by atoms with Gasteiger partial charge < -0.3 is 5.73 Å². The Morgan fingerprint density at radius 3 is 2.79 bits per heavy atom. The standard InChI is InChI=1S/C13H8BrClFN3/c14-7-1-3-9(16)12(5-7)19-11-4-2-8(15)6-10(11)18-13(19)17/h1-6H,(H2,17,18). The zero-order valence-electron chi connectivity index (χ0n) is 9.57. The molecule has 2 aromatic carbocycles. The van der Waals surface area contributed by atoms with Crippen LogP contribution in [0.4, 0.5) is 10.3 Å². The first-order valence-corrected chi connectivity index (χ1v) is 6.62. The quantitative estimate of drug-likeness (QED) is 0.723. The van der Waals surface area contributed by atoms with Crippen LogP contribution < -0.4 is 5.73 Å². The number of nitrogen functional groups attached to an aromatic ring is 1. The molecule has 0 saturated carbocycles. The number of imidazole rings is 1. The molecule has 3 aromatic rings. The Hall–Kier alpha value is -1.59. The first-order valence-electron chi connectivity index (χ1n) is 5.45. The fourth-order valence-corrected chi connectivity index (χ4v) is 2.50. The Morgan fingerprint density at radius 1 is 1.21 bits per heavy atom. The topological polar surface area (TPSA) is 43.8 Å². The highest BCUT2D eigenvalue weighted by atomic mass is 79.9. The van der Waals surface area contributed by atoms with E-state index in [9.17, 15) is 4.39 Å². The van der Waals surface area contributed by atoms with Crippen LogP contribution in [-0.2, 0) is 0 Å². The summed E-state index contributed by atoms with van der Waals surface area (Å²) in [7, 11) is 0. The van der Waals surface area contributed by atoms with Gasteiger partial charge in [0.15, 0.2) is 0 Å². The van der Waals surface area contributed by atoms with Gasteiger partial charge in [0.25, 0.3) is 0 Å². The van der Waals surface area contributed by atoms with E-state index < -0.39 is 0 Å². The number of hydrogen-bond donors (Lipinski definition) is 1. The zero-order chi connectivity index (χ0) is 13.6. The van der Waals surface area contributed by atoms with Gasteiger partial charge in [0.2, 0.25) is 5.95 Å². The summed E-state index contributed by atoms with van der Waals surface area (Å²) in [6.45, 7) is 0. The number of fused-ring (bicyclic) bond motifs is 1. The van der Waals surface area contributed by atoms with Crippen molar-refractivity contribution in [2.75, 3.05) is 5.73 Å². The van der Waals surface area contributed by atoms with Crippen LogP contribution in [0.1, 0.15) is 0 Å². The molecule has 0 unspecified atom stereocenters. The number of halogens is 3. The van der Waals surface area contributed by atoms with Crippen molar-refractivity contribution in [3.63, 3.8) is 0 Å². The van der Waals surface area contributed by atoms with Crippen LogP contribution in [-0.4, -0.2) is 9.55 Å². The third kappa shape index (κ3) is 2.09. The molecule has 6 heteroatoms. The minimum absolute atomic E-state index is 0.217. The number of rotatable bonds is 1. The van der Waals surface area contributed by atoms with Gasteiger partial charge in [-0.15, -0.1) is 0 Å². The highest BCUT2D eigenvalue weighted by Crippen LogP contribution is 2.28. The summed E-state index contributed by atoms with van der Waals surface area (Å²) in [6, 6.07) is 9.84. The summed E-state index contributed by atoms with van der Waals surface area (Å²) >= 11 is 9.23. The van der Waals surface area contributed by atoms with E-state index in [1.54, 1.807) is 34.9 Å². The number of hydrogen-bond acceptors (Lipinski definition) is 2. The molecule has 0 atom stereocenters. The summed E-state index contributed by atoms with van der Waals surface area (Å²) < 4.78 is 16.3. The average Bonchev–Trinajstić information content (AvgIpc) is 2.67. The molecular formula is C13H8BrClFN3. The van der Waals surface area contributed by atoms with Crippen LogP contribution in [0.5, 0.6) is 0 Å². The Morgan fingerprint density at radius 2 is 2.00 bits per heavy atom. The molecule has 1 heterocycles. The van der Waals surface area contributed by atoms with Gasteiger partial charge in [-0.2, -0.15) is 0 Å². The number of benzene rings is 2. The van der Waals surface area contributed by atoms with Gasteiger partial charge in [-0.3, -0.25) is 4.57 Å². The van der Waals surface area contributed by atoms with Crippen molar-refractivity contribution in [3.8, 4) is 5.69 Å². The van der Waals surface area contributed by atoms with Gasteiger partial charge >= 0.3 is 0 Å². The lowest BCUT2D eigenvalue weighted by atomic mass is 10.2. The number of aromatic nitrogens is 2. The molecule has 0 fully saturated rings. The molecule has 0 saturated heterocycles. The largest absolute Gasteiger partial charge is 0.369 e. The molecule has 0 aliphatic carbocycles. The van der Waals surface area contributed by atoms with E-state index in [1.807, 2.05) is 0 Å². The second-order valence-electron chi connectivity index (χ2n) is 4.03. The van der Waals surface area contributed by atoms with E-state index in [4.69, 9.17) is 17.3 Å². The van der Waals surface area contributed by atoms with Crippen LogP contribution in [0.25, 0.3) is 16.7 Å². The van der Waals surface area contributed by atoms with Crippen molar-refractivity contribution in [1.82, 2.24) is 9.55 Å². The molecule has 0 aliphatic heterocycles. The first kappa shape index (κ1) is 12.4. The lowest BCUT2D eigenvalue weighted by Gasteiger charge is -2.08. The van der Waals surface area contributed by atoms with Gasteiger partial charge in [0, 0.05) is 9.50 Å². The van der Waals surface area contributed by atoms with Gasteiger partial charge in [-0.1, -0.05) is 27.5 Å². The Bertz CT molecular complexity index is 785. The second kappa shape index (κ2) is 4.51. The maximum atomic E-state index is 14.0. The minimum Gasteiger partial charge on any atom is -0.369 e. The second-order valence-corrected chi connectivity index (χ2v) is 5.39. The summed E-state index contributed by atoms with van der Waals surface area (Å²) in [6.07, 6.45) is 0. The third-order valence-corrected chi connectivity index (χ3v) is 3.52. The van der Waals surface area contributed by atoms with E-state index in [0.29, 0.717) is 21.7 Å². The van der Waals surface area contributed by atoms with Crippen LogP contribution in [0.2, 0.25) is 5.02 Å². The predicted molar refractivity (Wildman–Crippen MR) is 78.2 cm³/mol. The Balaban J connectivity index is 2.36. The van der Waals surface area contributed by atoms with E-state index in [0.717, 1.165) is 4.47 Å². The molecule has 3 rings (SSSR count). The molecule has 3 nitrogen and oxygen atoms in total. The fraction of sp³-hybridized carbons (Fsp3) is 0. The number of nitrogens with zero attached hydrogens (tertiary/aromatic N) is 2. The van der Waals surface area contributed by atoms with Crippen molar-refractivity contribution in [2.24, 2.45) is 0 Å². The fourth-order valence-electron chi connectivity index (χ4n) is 1.98. The van der Waals surface area contributed by atoms with Crippen molar-refractivity contribution in [2.45, 2.75) is 0 Å². The summed E-state index contributed by atoms with van der Waals surface area (Å²) in [4.78, 5) is 4.20. The molecule has 0 bridgehead atoms. The molecule has 0 radical (unpaired) electrons. The molecule has 1 aromatic heterocycles. The van der Waals surface area contributed by atoms with E-state index in [-0.39, 0.29) is 11.8 Å². The van der Waals surface area contributed by atoms with Crippen molar-refractivity contribution in [3.05, 3.63) is 51.7 Å². The number of anilines is 1. The van der Waals surface area contributed by atoms with Crippen LogP contribution in [0.3, 0.4) is 0 Å². The lowest BCUT2D eigenvalue weighted by molar-refractivity contribution is 0.619. The normalized spacial score (nSPS) is 11.1. The summed E-state index contributed by atoms with van der Waals surface area (Å²) in [5.41, 5.74) is 7.56. The Labute approximate surface area is 121 Å². The SMILES string of the molecule is Nc1nc2cc(Cl)ccc2n1-c1cc(Br)ccc1F. The maximum absolute atomic E-state index is 14.0. The summed E-state index contributed by atoms with van der Waals surface area (Å²) in [5.74, 6) is -0.154. The van der Waals surface area contributed by atoms with Crippen LogP contribution >= 0.6 is 27.5 Å². The first-order chi connectivity index (χ1) is 9.06. The monoisotopic (exact) mass is 339 g/mol.